The van der Waals surface area contributed by atoms with Gasteiger partial charge in [-0.2, -0.15) is 0 Å². The molecule has 4 rings (SSSR count). The molecule has 1 nitrogen and oxygen atoms in total. The number of quaternary nitrogens is 1. The Morgan fingerprint density at radius 3 is 1.48 bits per heavy atom. The van der Waals surface area contributed by atoms with Crippen LogP contribution in [0.15, 0.2) is 0 Å². The lowest BCUT2D eigenvalue weighted by Crippen LogP contribution is -2.67. The van der Waals surface area contributed by atoms with E-state index in [1.165, 1.54) is 75.2 Å². The summed E-state index contributed by atoms with van der Waals surface area (Å²) in [5.41, 5.74) is 0.675. The zero-order valence-electron chi connectivity index (χ0n) is 17.7. The van der Waals surface area contributed by atoms with Gasteiger partial charge >= 0.3 is 0 Å². The molecule has 0 spiro atoms. The van der Waals surface area contributed by atoms with Crippen LogP contribution in [-0.4, -0.2) is 30.7 Å². The highest BCUT2D eigenvalue weighted by Crippen LogP contribution is 2.59. The maximum atomic E-state index is 2.58. The zero-order valence-corrected chi connectivity index (χ0v) is 17.7. The van der Waals surface area contributed by atoms with Crippen molar-refractivity contribution < 1.29 is 4.48 Å². The summed E-state index contributed by atoms with van der Waals surface area (Å²) < 4.78 is 1.34. The molecule has 4 fully saturated rings. The molecular formula is C24H46N+. The van der Waals surface area contributed by atoms with E-state index in [1.807, 2.05) is 0 Å². The number of rotatable bonds is 12. The summed E-state index contributed by atoms with van der Waals surface area (Å²) in [7, 11) is 5.17. The van der Waals surface area contributed by atoms with Crippen molar-refractivity contribution in [3.05, 3.63) is 0 Å². The van der Waals surface area contributed by atoms with E-state index in [1.54, 1.807) is 38.5 Å². The SMILES string of the molecule is CCCCCCCCCCCC[N+](C)(C)C12CC3CC(CC(C3)C1)C2. The van der Waals surface area contributed by atoms with Crippen LogP contribution in [0.2, 0.25) is 0 Å². The van der Waals surface area contributed by atoms with Crippen molar-refractivity contribution in [3.8, 4) is 0 Å². The molecule has 1 heteroatoms. The predicted octanol–water partition coefficient (Wildman–Crippen LogP) is 6.95. The Balaban J connectivity index is 1.31. The minimum Gasteiger partial charge on any atom is -0.324 e. The van der Waals surface area contributed by atoms with Crippen molar-refractivity contribution >= 4 is 0 Å². The van der Waals surface area contributed by atoms with Crippen LogP contribution in [0.1, 0.15) is 110 Å². The van der Waals surface area contributed by atoms with Gasteiger partial charge in [-0.1, -0.05) is 58.3 Å². The van der Waals surface area contributed by atoms with Crippen LogP contribution in [0.5, 0.6) is 0 Å². The van der Waals surface area contributed by atoms with E-state index in [2.05, 4.69) is 21.0 Å². The Kier molecular flexibility index (Phi) is 6.91. The molecule has 0 aromatic carbocycles. The second kappa shape index (κ2) is 8.77. The maximum Gasteiger partial charge on any atom is 0.0996 e. The molecule has 4 saturated carbocycles. The van der Waals surface area contributed by atoms with E-state index in [9.17, 15) is 0 Å². The van der Waals surface area contributed by atoms with Crippen LogP contribution < -0.4 is 0 Å². The minimum atomic E-state index is 0.675. The van der Waals surface area contributed by atoms with E-state index >= 15 is 0 Å². The molecule has 0 amide bonds. The highest BCUT2D eigenvalue weighted by atomic mass is 15.4. The van der Waals surface area contributed by atoms with Crippen molar-refractivity contribution in [2.75, 3.05) is 20.6 Å². The lowest BCUT2D eigenvalue weighted by Gasteiger charge is -2.62. The summed E-state index contributed by atoms with van der Waals surface area (Å²) >= 11 is 0. The third-order valence-corrected chi connectivity index (χ3v) is 8.36. The Morgan fingerprint density at radius 2 is 1.04 bits per heavy atom. The van der Waals surface area contributed by atoms with Crippen molar-refractivity contribution in [2.45, 2.75) is 115 Å². The first-order valence-corrected chi connectivity index (χ1v) is 11.9. The van der Waals surface area contributed by atoms with Gasteiger partial charge in [0, 0.05) is 19.3 Å². The lowest BCUT2D eigenvalue weighted by atomic mass is 9.52. The Morgan fingerprint density at radius 1 is 0.640 bits per heavy atom. The van der Waals surface area contributed by atoms with Crippen LogP contribution >= 0.6 is 0 Å². The van der Waals surface area contributed by atoms with Crippen LogP contribution in [0, 0.1) is 17.8 Å². The Hall–Kier alpha value is -0.0400. The second-order valence-electron chi connectivity index (χ2n) is 10.7. The predicted molar refractivity (Wildman–Crippen MR) is 110 cm³/mol. The maximum absolute atomic E-state index is 2.58. The van der Waals surface area contributed by atoms with Crippen LogP contribution in [0.3, 0.4) is 0 Å². The van der Waals surface area contributed by atoms with E-state index in [4.69, 9.17) is 0 Å². The van der Waals surface area contributed by atoms with Crippen LogP contribution in [0.4, 0.5) is 0 Å². The third-order valence-electron chi connectivity index (χ3n) is 8.36. The van der Waals surface area contributed by atoms with E-state index in [-0.39, 0.29) is 0 Å². The molecule has 0 aromatic heterocycles. The standard InChI is InChI=1S/C24H46N/c1-4-5-6-7-8-9-10-11-12-13-14-25(2,3)24-18-21-15-22(19-24)17-23(16-21)20-24/h21-23H,4-20H2,1-3H3/q+1. The molecule has 4 aliphatic carbocycles. The van der Waals surface area contributed by atoms with Gasteiger partial charge in [0.15, 0.2) is 0 Å². The van der Waals surface area contributed by atoms with E-state index < -0.39 is 0 Å². The highest BCUT2D eigenvalue weighted by molar-refractivity contribution is 5.03. The minimum absolute atomic E-state index is 0.675. The molecule has 25 heavy (non-hydrogen) atoms. The van der Waals surface area contributed by atoms with E-state index in [0.29, 0.717) is 5.54 Å². The van der Waals surface area contributed by atoms with Gasteiger partial charge in [-0.3, -0.25) is 0 Å². The molecule has 0 heterocycles. The molecule has 0 aliphatic heterocycles. The third kappa shape index (κ3) is 4.82. The molecule has 4 aliphatic rings. The zero-order chi connectivity index (χ0) is 17.8. The molecule has 0 unspecified atom stereocenters. The quantitative estimate of drug-likeness (QED) is 0.264. The molecule has 146 valence electrons. The van der Waals surface area contributed by atoms with Crippen molar-refractivity contribution in [2.24, 2.45) is 17.8 Å². The normalized spacial score (nSPS) is 34.0. The fraction of sp³-hybridized carbons (Fsp3) is 1.00. The van der Waals surface area contributed by atoms with Gasteiger partial charge in [-0.25, -0.2) is 0 Å². The number of nitrogens with zero attached hydrogens (tertiary/aromatic N) is 1. The lowest BCUT2D eigenvalue weighted by molar-refractivity contribution is -0.948. The summed E-state index contributed by atoms with van der Waals surface area (Å²) in [4.78, 5) is 0. The average molecular weight is 349 g/mol. The first-order chi connectivity index (χ1) is 12.0. The van der Waals surface area contributed by atoms with Gasteiger partial charge in [0.1, 0.15) is 0 Å². The summed E-state index contributed by atoms with van der Waals surface area (Å²) in [5, 5.41) is 0. The molecular weight excluding hydrogens is 302 g/mol. The van der Waals surface area contributed by atoms with Gasteiger partial charge in [0.25, 0.3) is 0 Å². The Bertz CT molecular complexity index is 362. The molecule has 0 aromatic rings. The fourth-order valence-corrected chi connectivity index (χ4v) is 7.04. The van der Waals surface area contributed by atoms with Crippen molar-refractivity contribution in [1.29, 1.82) is 0 Å². The fourth-order valence-electron chi connectivity index (χ4n) is 7.04. The Labute approximate surface area is 158 Å². The molecule has 0 atom stereocenters. The number of hydrogen-bond donors (Lipinski definition) is 0. The highest BCUT2D eigenvalue weighted by Gasteiger charge is 2.58. The van der Waals surface area contributed by atoms with Crippen LogP contribution in [0.25, 0.3) is 0 Å². The summed E-state index contributed by atoms with van der Waals surface area (Å²) in [6.07, 6.45) is 24.0. The van der Waals surface area contributed by atoms with Gasteiger partial charge < -0.3 is 4.48 Å². The smallest absolute Gasteiger partial charge is 0.0996 e. The first kappa shape index (κ1) is 19.7. The number of hydrogen-bond acceptors (Lipinski definition) is 0. The molecule has 0 N–H and O–H groups in total. The van der Waals surface area contributed by atoms with E-state index in [0.717, 1.165) is 17.8 Å². The monoisotopic (exact) mass is 348 g/mol. The van der Waals surface area contributed by atoms with Crippen molar-refractivity contribution in [3.63, 3.8) is 0 Å². The topological polar surface area (TPSA) is 0 Å². The summed E-state index contributed by atoms with van der Waals surface area (Å²) in [6.45, 7) is 3.74. The van der Waals surface area contributed by atoms with Gasteiger partial charge in [-0.15, -0.1) is 0 Å². The second-order valence-corrected chi connectivity index (χ2v) is 10.7. The van der Waals surface area contributed by atoms with Gasteiger partial charge in [0.05, 0.1) is 26.2 Å². The molecule has 0 radical (unpaired) electrons. The number of unbranched alkanes of at least 4 members (excludes halogenated alkanes) is 9. The molecule has 0 saturated heterocycles. The summed E-state index contributed by atoms with van der Waals surface area (Å²) in [6, 6.07) is 0. The first-order valence-electron chi connectivity index (χ1n) is 11.9. The largest absolute Gasteiger partial charge is 0.324 e. The van der Waals surface area contributed by atoms with Crippen LogP contribution in [-0.2, 0) is 0 Å². The van der Waals surface area contributed by atoms with Gasteiger partial charge in [0.2, 0.25) is 0 Å². The average Bonchev–Trinajstić information content (AvgIpc) is 2.55. The molecule has 4 bridgehead atoms. The van der Waals surface area contributed by atoms with Gasteiger partial charge in [-0.05, 0) is 49.9 Å². The van der Waals surface area contributed by atoms with Crippen molar-refractivity contribution in [1.82, 2.24) is 0 Å². The summed E-state index contributed by atoms with van der Waals surface area (Å²) in [5.74, 6) is 3.28.